The van der Waals surface area contributed by atoms with Crippen LogP contribution in [0.3, 0.4) is 0 Å². The number of aryl methyl sites for hydroxylation is 1. The Bertz CT molecular complexity index is 856. The van der Waals surface area contributed by atoms with E-state index in [4.69, 9.17) is 5.73 Å². The van der Waals surface area contributed by atoms with E-state index in [0.717, 1.165) is 34.6 Å². The third-order valence-electron chi connectivity index (χ3n) is 4.76. The number of hydrogen-bond donors (Lipinski definition) is 1. The van der Waals surface area contributed by atoms with E-state index < -0.39 is 5.91 Å². The Hall–Kier alpha value is -2.69. The number of benzene rings is 1. The van der Waals surface area contributed by atoms with Gasteiger partial charge in [-0.2, -0.15) is 0 Å². The lowest BCUT2D eigenvalue weighted by Gasteiger charge is -2.14. The maximum Gasteiger partial charge on any atom is 0.256 e. The van der Waals surface area contributed by atoms with Crippen LogP contribution >= 0.6 is 0 Å². The molecular weight excluding hydrogens is 302 g/mol. The summed E-state index contributed by atoms with van der Waals surface area (Å²) in [6, 6.07) is 9.10. The number of amides is 2. The minimum atomic E-state index is -0.458. The molecule has 5 heteroatoms. The number of nitrogens with two attached hydrogens (primary N) is 1. The zero-order chi connectivity index (χ0) is 16.8. The molecule has 0 spiro atoms. The van der Waals surface area contributed by atoms with E-state index in [1.54, 1.807) is 18.2 Å². The third-order valence-corrected chi connectivity index (χ3v) is 4.76. The molecule has 5 nitrogen and oxygen atoms in total. The van der Waals surface area contributed by atoms with Crippen molar-refractivity contribution in [2.75, 3.05) is 6.54 Å². The zero-order valence-corrected chi connectivity index (χ0v) is 13.6. The molecule has 1 fully saturated rings. The molecule has 0 atom stereocenters. The molecule has 2 N–H and O–H groups in total. The van der Waals surface area contributed by atoms with Gasteiger partial charge in [-0.15, -0.1) is 0 Å². The van der Waals surface area contributed by atoms with Crippen LogP contribution in [0.5, 0.6) is 0 Å². The van der Waals surface area contributed by atoms with Crippen molar-refractivity contribution in [3.05, 3.63) is 52.7 Å². The van der Waals surface area contributed by atoms with E-state index in [9.17, 15) is 9.59 Å². The molecule has 122 valence electrons. The SMILES string of the molecule is Cc1nc(-c2cccc(C(N)=O)c2)cc2c1C(=O)N(CC1CC1)C2. The molecule has 1 aromatic carbocycles. The molecule has 0 saturated heterocycles. The van der Waals surface area contributed by atoms with E-state index in [1.165, 1.54) is 12.8 Å². The predicted octanol–water partition coefficient (Wildman–Crippen LogP) is 2.52. The first-order valence-corrected chi connectivity index (χ1v) is 8.23. The Balaban J connectivity index is 1.71. The average molecular weight is 321 g/mol. The molecule has 24 heavy (non-hydrogen) atoms. The highest BCUT2D eigenvalue weighted by Crippen LogP contribution is 2.34. The highest BCUT2D eigenvalue weighted by atomic mass is 16.2. The Labute approximate surface area is 140 Å². The summed E-state index contributed by atoms with van der Waals surface area (Å²) in [5.41, 5.74) is 9.94. The lowest BCUT2D eigenvalue weighted by atomic mass is 10.0. The first-order chi connectivity index (χ1) is 11.5. The van der Waals surface area contributed by atoms with Gasteiger partial charge < -0.3 is 10.6 Å². The maximum absolute atomic E-state index is 12.6. The van der Waals surface area contributed by atoms with Gasteiger partial charge in [0.15, 0.2) is 0 Å². The fraction of sp³-hybridized carbons (Fsp3) is 0.316. The molecule has 1 saturated carbocycles. The molecule has 2 amide bonds. The van der Waals surface area contributed by atoms with E-state index in [2.05, 4.69) is 4.98 Å². The molecule has 2 aliphatic rings. The van der Waals surface area contributed by atoms with Crippen molar-refractivity contribution in [2.24, 2.45) is 11.7 Å². The topological polar surface area (TPSA) is 76.3 Å². The zero-order valence-electron chi connectivity index (χ0n) is 13.6. The second-order valence-electron chi connectivity index (χ2n) is 6.70. The molecule has 0 bridgehead atoms. The fourth-order valence-electron chi connectivity index (χ4n) is 3.33. The summed E-state index contributed by atoms with van der Waals surface area (Å²) in [5, 5.41) is 0. The monoisotopic (exact) mass is 321 g/mol. The third kappa shape index (κ3) is 2.56. The molecule has 0 unspecified atom stereocenters. The van der Waals surface area contributed by atoms with Crippen molar-refractivity contribution in [1.29, 1.82) is 0 Å². The lowest BCUT2D eigenvalue weighted by molar-refractivity contribution is 0.0770. The van der Waals surface area contributed by atoms with Gasteiger partial charge in [0.05, 0.1) is 17.0 Å². The van der Waals surface area contributed by atoms with Crippen molar-refractivity contribution >= 4 is 11.8 Å². The summed E-state index contributed by atoms with van der Waals surface area (Å²) in [6.45, 7) is 3.37. The highest BCUT2D eigenvalue weighted by Gasteiger charge is 2.34. The molecule has 1 aliphatic carbocycles. The van der Waals surface area contributed by atoms with E-state index in [-0.39, 0.29) is 5.91 Å². The number of primary amides is 1. The van der Waals surface area contributed by atoms with Gasteiger partial charge in [-0.3, -0.25) is 14.6 Å². The smallest absolute Gasteiger partial charge is 0.256 e. The van der Waals surface area contributed by atoms with Crippen LogP contribution in [-0.4, -0.2) is 28.2 Å². The summed E-state index contributed by atoms with van der Waals surface area (Å²) in [6.07, 6.45) is 2.45. The van der Waals surface area contributed by atoms with Gasteiger partial charge in [-0.1, -0.05) is 12.1 Å². The van der Waals surface area contributed by atoms with Gasteiger partial charge in [0.2, 0.25) is 5.91 Å². The molecule has 1 aromatic heterocycles. The van der Waals surface area contributed by atoms with Gasteiger partial charge in [-0.05, 0) is 49.4 Å². The number of rotatable bonds is 4. The summed E-state index contributed by atoms with van der Waals surface area (Å²) >= 11 is 0. The van der Waals surface area contributed by atoms with Crippen LogP contribution in [0.15, 0.2) is 30.3 Å². The van der Waals surface area contributed by atoms with E-state index >= 15 is 0 Å². The minimum Gasteiger partial charge on any atom is -0.366 e. The van der Waals surface area contributed by atoms with Gasteiger partial charge >= 0.3 is 0 Å². The highest BCUT2D eigenvalue weighted by molar-refractivity contribution is 6.00. The van der Waals surface area contributed by atoms with Crippen LogP contribution in [0.1, 0.15) is 44.8 Å². The quantitative estimate of drug-likeness (QED) is 0.940. The fourth-order valence-corrected chi connectivity index (χ4v) is 3.33. The normalized spacial score (nSPS) is 16.4. The van der Waals surface area contributed by atoms with Crippen molar-refractivity contribution in [3.63, 3.8) is 0 Å². The lowest BCUT2D eigenvalue weighted by Crippen LogP contribution is -2.26. The van der Waals surface area contributed by atoms with Gasteiger partial charge in [0, 0.05) is 24.2 Å². The maximum atomic E-state index is 12.6. The predicted molar refractivity (Wildman–Crippen MR) is 90.4 cm³/mol. The van der Waals surface area contributed by atoms with E-state index in [1.807, 2.05) is 24.0 Å². The van der Waals surface area contributed by atoms with Crippen LogP contribution in [0, 0.1) is 12.8 Å². The first kappa shape index (κ1) is 14.9. The van der Waals surface area contributed by atoms with Crippen molar-refractivity contribution in [1.82, 2.24) is 9.88 Å². The number of pyridine rings is 1. The molecule has 2 heterocycles. The minimum absolute atomic E-state index is 0.0966. The summed E-state index contributed by atoms with van der Waals surface area (Å²) < 4.78 is 0. The van der Waals surface area contributed by atoms with Gasteiger partial charge in [-0.25, -0.2) is 0 Å². The molecule has 4 rings (SSSR count). The Morgan fingerprint density at radius 3 is 2.83 bits per heavy atom. The van der Waals surface area contributed by atoms with Crippen LogP contribution in [-0.2, 0) is 6.54 Å². The van der Waals surface area contributed by atoms with Crippen molar-refractivity contribution < 1.29 is 9.59 Å². The van der Waals surface area contributed by atoms with Gasteiger partial charge in [0.25, 0.3) is 5.91 Å². The summed E-state index contributed by atoms with van der Waals surface area (Å²) in [4.78, 5) is 30.5. The largest absolute Gasteiger partial charge is 0.366 e. The number of aromatic nitrogens is 1. The number of nitrogens with zero attached hydrogens (tertiary/aromatic N) is 2. The standard InChI is InChI=1S/C19H19N3O2/c1-11-17-15(10-22(19(17)24)9-12-5-6-12)8-16(21-11)13-3-2-4-14(7-13)18(20)23/h2-4,7-8,12H,5-6,9-10H2,1H3,(H2,20,23). The van der Waals surface area contributed by atoms with Crippen LogP contribution < -0.4 is 5.73 Å². The van der Waals surface area contributed by atoms with Crippen LogP contribution in [0.4, 0.5) is 0 Å². The number of carbonyl (C=O) groups excluding carboxylic acids is 2. The Kier molecular flexibility index (Phi) is 3.37. The second-order valence-corrected chi connectivity index (χ2v) is 6.70. The number of fused-ring (bicyclic) bond motifs is 1. The van der Waals surface area contributed by atoms with Gasteiger partial charge in [0.1, 0.15) is 0 Å². The Morgan fingerprint density at radius 1 is 1.33 bits per heavy atom. The number of hydrogen-bond acceptors (Lipinski definition) is 3. The summed E-state index contributed by atoms with van der Waals surface area (Å²) in [5.74, 6) is 0.308. The number of carbonyl (C=O) groups is 2. The first-order valence-electron chi connectivity index (χ1n) is 8.23. The molecular formula is C19H19N3O2. The summed E-state index contributed by atoms with van der Waals surface area (Å²) in [7, 11) is 0. The molecule has 0 radical (unpaired) electrons. The molecule has 2 aromatic rings. The average Bonchev–Trinajstić information content (AvgIpc) is 3.31. The van der Waals surface area contributed by atoms with Crippen LogP contribution in [0.25, 0.3) is 11.3 Å². The molecule has 1 aliphatic heterocycles. The van der Waals surface area contributed by atoms with E-state index in [0.29, 0.717) is 18.0 Å². The second kappa shape index (κ2) is 5.44. The van der Waals surface area contributed by atoms with Crippen LogP contribution in [0.2, 0.25) is 0 Å². The van der Waals surface area contributed by atoms with Crippen molar-refractivity contribution in [3.8, 4) is 11.3 Å². The Morgan fingerprint density at radius 2 is 2.12 bits per heavy atom. The van der Waals surface area contributed by atoms with Crippen molar-refractivity contribution in [2.45, 2.75) is 26.3 Å².